The number of hydrogen-bond donors (Lipinski definition) is 5. The predicted octanol–water partition coefficient (Wildman–Crippen LogP) is 2.91. The molecular weight excluding hydrogens is 617 g/mol. The molecule has 248 valence electrons. The van der Waals surface area contributed by atoms with Gasteiger partial charge in [-0.05, 0) is 44.1 Å². The number of alkyl halides is 3. The largest absolute Gasteiger partial charge is 0.573 e. The van der Waals surface area contributed by atoms with Crippen LogP contribution in [0.5, 0.6) is 11.5 Å². The Balaban J connectivity index is 1.66. The first-order chi connectivity index (χ1) is 21.6. The number of aliphatic hydroxyl groups excluding tert-OH is 2. The van der Waals surface area contributed by atoms with Crippen LogP contribution in [0.3, 0.4) is 0 Å². The smallest absolute Gasteiger partial charge is 0.511 e. The van der Waals surface area contributed by atoms with Crippen LogP contribution in [-0.2, 0) is 20.8 Å². The summed E-state index contributed by atoms with van der Waals surface area (Å²) in [6.07, 6.45) is -4.01. The predicted molar refractivity (Wildman–Crippen MR) is 153 cm³/mol. The summed E-state index contributed by atoms with van der Waals surface area (Å²) in [6, 6.07) is -1.30. The van der Waals surface area contributed by atoms with Gasteiger partial charge in [-0.15, -0.1) is 13.2 Å². The van der Waals surface area contributed by atoms with Crippen molar-refractivity contribution in [2.75, 3.05) is 24.5 Å². The Labute approximate surface area is 260 Å². The van der Waals surface area contributed by atoms with Crippen molar-refractivity contribution < 1.29 is 57.2 Å². The second-order valence-corrected chi connectivity index (χ2v) is 11.8. The minimum Gasteiger partial charge on any atom is -0.511 e. The van der Waals surface area contributed by atoms with Crippen molar-refractivity contribution in [3.63, 3.8) is 0 Å². The van der Waals surface area contributed by atoms with Crippen LogP contribution in [0.4, 0.5) is 23.7 Å². The van der Waals surface area contributed by atoms with Crippen LogP contribution < -0.4 is 20.7 Å². The Kier molecular flexibility index (Phi) is 8.53. The Morgan fingerprint density at radius 3 is 2.41 bits per heavy atom. The average Bonchev–Trinajstić information content (AvgIpc) is 3.24. The number of phenolic OH excluding ortho intramolecular Hbond substituents is 1. The highest BCUT2D eigenvalue weighted by atomic mass is 19.4. The normalized spacial score (nSPS) is 24.8. The number of urea groups is 1. The van der Waals surface area contributed by atoms with E-state index in [2.05, 4.69) is 10.1 Å². The molecule has 1 aromatic carbocycles. The van der Waals surface area contributed by atoms with Gasteiger partial charge in [-0.25, -0.2) is 9.69 Å². The number of carbonyl (C=O) groups excluding carboxylic acids is 5. The number of nitrogens with two attached hydrogens (primary N) is 1. The summed E-state index contributed by atoms with van der Waals surface area (Å²) < 4.78 is 45.2. The number of hydrogen-bond acceptors (Lipinski definition) is 10. The number of anilines is 1. The number of phenols is 1. The second-order valence-electron chi connectivity index (χ2n) is 11.8. The van der Waals surface area contributed by atoms with Gasteiger partial charge < -0.3 is 36.0 Å². The number of aromatic hydroxyl groups is 1. The van der Waals surface area contributed by atoms with Crippen molar-refractivity contribution in [1.82, 2.24) is 10.2 Å². The summed E-state index contributed by atoms with van der Waals surface area (Å²) in [5.41, 5.74) is 2.39. The molecule has 1 aliphatic heterocycles. The van der Waals surface area contributed by atoms with E-state index in [4.69, 9.17) is 5.73 Å². The van der Waals surface area contributed by atoms with Crippen molar-refractivity contribution in [3.05, 3.63) is 39.9 Å². The van der Waals surface area contributed by atoms with Crippen LogP contribution in [0.25, 0.3) is 0 Å². The SMILES string of the molecule is CCCCN1CC(=O)N(c2cc(OC(F)(F)F)c3c(c2O)C(=O)C2=C(O)[C@@H]4C(=O)C(C(N)=O)=C(O)[C@@H](NCCC)[C@@H]4C[C@@H]2C3)C1=O. The van der Waals surface area contributed by atoms with Gasteiger partial charge in [0.05, 0.1) is 23.2 Å². The maximum Gasteiger partial charge on any atom is 0.573 e. The number of fused-ring (bicyclic) bond motifs is 3. The zero-order valence-corrected chi connectivity index (χ0v) is 24.9. The lowest BCUT2D eigenvalue weighted by Gasteiger charge is -2.44. The van der Waals surface area contributed by atoms with E-state index in [1.165, 1.54) is 0 Å². The summed E-state index contributed by atoms with van der Waals surface area (Å²) in [6.45, 7) is 3.73. The first kappa shape index (κ1) is 32.8. The standard InChI is InChI=1S/C30H33F3N4O9/c1-3-5-7-36-11-17(38)37(29(36)45)15-10-16(46-30(31,32)33)13-8-12-9-14-20(25(41)18(12)24(40)19(13)23(15)39)26(42)21(28(34)44)27(43)22(14)35-6-4-2/h10,12,14,20,22,35,39,41,43H,3-9,11H2,1-2H3,(H2,34,44)/t12-,14+,20+,22-/m0/s1. The first-order valence-electron chi connectivity index (χ1n) is 14.9. The van der Waals surface area contributed by atoms with Gasteiger partial charge in [0.2, 0.25) is 0 Å². The number of benzene rings is 1. The van der Waals surface area contributed by atoms with Crippen molar-refractivity contribution in [1.29, 1.82) is 0 Å². The average molecular weight is 651 g/mol. The number of nitrogens with one attached hydrogen (secondary N) is 1. The molecule has 4 atom stereocenters. The lowest BCUT2D eigenvalue weighted by atomic mass is 9.61. The Morgan fingerprint density at radius 1 is 1.11 bits per heavy atom. The number of ketones is 2. The van der Waals surface area contributed by atoms with E-state index in [0.29, 0.717) is 36.8 Å². The van der Waals surface area contributed by atoms with E-state index >= 15 is 0 Å². The summed E-state index contributed by atoms with van der Waals surface area (Å²) >= 11 is 0. The lowest BCUT2D eigenvalue weighted by Crippen LogP contribution is -2.53. The molecule has 13 nitrogen and oxygen atoms in total. The molecule has 0 unspecified atom stereocenters. The minimum atomic E-state index is -5.28. The summed E-state index contributed by atoms with van der Waals surface area (Å²) in [5, 5.41) is 36.7. The number of ether oxygens (including phenoxy) is 1. The Morgan fingerprint density at radius 2 is 1.80 bits per heavy atom. The number of rotatable bonds is 9. The molecule has 46 heavy (non-hydrogen) atoms. The van der Waals surface area contributed by atoms with Gasteiger partial charge in [-0.2, -0.15) is 0 Å². The molecule has 3 aliphatic carbocycles. The molecule has 4 aliphatic rings. The highest BCUT2D eigenvalue weighted by Crippen LogP contribution is 2.53. The van der Waals surface area contributed by atoms with Crippen molar-refractivity contribution >= 4 is 35.1 Å². The third-order valence-electron chi connectivity index (χ3n) is 8.89. The fourth-order valence-electron chi connectivity index (χ4n) is 6.93. The van der Waals surface area contributed by atoms with Crippen molar-refractivity contribution in [2.24, 2.45) is 23.5 Å². The van der Waals surface area contributed by atoms with Crippen LogP contribution in [0, 0.1) is 17.8 Å². The van der Waals surface area contributed by atoms with E-state index < -0.39 is 118 Å². The molecule has 1 fully saturated rings. The number of halogens is 3. The number of Topliss-reactive ketones (excluding diaryl/α,β-unsaturated/α-hetero) is 2. The van der Waals surface area contributed by atoms with Crippen LogP contribution in [0.1, 0.15) is 55.5 Å². The molecule has 0 saturated carbocycles. The van der Waals surface area contributed by atoms with E-state index in [0.717, 1.165) is 4.90 Å². The second kappa shape index (κ2) is 12.0. The Hall–Kier alpha value is -4.60. The number of unbranched alkanes of at least 4 members (excludes halogenated alkanes) is 1. The lowest BCUT2D eigenvalue weighted by molar-refractivity contribution is -0.275. The molecule has 1 saturated heterocycles. The number of amides is 4. The maximum atomic E-state index is 14.1. The maximum absolute atomic E-state index is 14.1. The first-order valence-corrected chi connectivity index (χ1v) is 14.9. The molecule has 1 aromatic rings. The molecule has 0 bridgehead atoms. The zero-order valence-electron chi connectivity index (χ0n) is 24.9. The molecule has 5 rings (SSSR count). The highest BCUT2D eigenvalue weighted by Gasteiger charge is 2.54. The van der Waals surface area contributed by atoms with Gasteiger partial charge in [-0.1, -0.05) is 20.3 Å². The topological polar surface area (TPSA) is 200 Å². The Bertz CT molecular complexity index is 1600. The van der Waals surface area contributed by atoms with E-state index in [-0.39, 0.29) is 18.5 Å². The van der Waals surface area contributed by atoms with E-state index in [1.807, 2.05) is 13.8 Å². The monoisotopic (exact) mass is 650 g/mol. The van der Waals surface area contributed by atoms with Crippen LogP contribution in [0.2, 0.25) is 0 Å². The molecule has 4 amide bonds. The zero-order chi connectivity index (χ0) is 33.8. The molecule has 6 N–H and O–H groups in total. The summed E-state index contributed by atoms with van der Waals surface area (Å²) in [4.78, 5) is 67.3. The fraction of sp³-hybridized carbons (Fsp3) is 0.500. The fourth-order valence-corrected chi connectivity index (χ4v) is 6.93. The molecule has 16 heteroatoms. The molecule has 0 spiro atoms. The van der Waals surface area contributed by atoms with Crippen molar-refractivity contribution in [3.8, 4) is 11.5 Å². The van der Waals surface area contributed by atoms with Gasteiger partial charge in [0.25, 0.3) is 11.8 Å². The quantitative estimate of drug-likeness (QED) is 0.196. The number of allylic oxidation sites excluding steroid dienone is 2. The van der Waals surface area contributed by atoms with Gasteiger partial charge in [0, 0.05) is 23.7 Å². The molecule has 0 aromatic heterocycles. The molecule has 1 heterocycles. The summed E-state index contributed by atoms with van der Waals surface area (Å²) in [5.74, 6) is -11.1. The minimum absolute atomic E-state index is 0.109. The molecule has 0 radical (unpaired) electrons. The highest BCUT2D eigenvalue weighted by molar-refractivity contribution is 6.24. The number of primary amides is 1. The van der Waals surface area contributed by atoms with E-state index in [9.17, 15) is 52.5 Å². The molecular formula is C30H33F3N4O9. The third-order valence-corrected chi connectivity index (χ3v) is 8.89. The van der Waals surface area contributed by atoms with Crippen LogP contribution >= 0.6 is 0 Å². The van der Waals surface area contributed by atoms with E-state index in [1.54, 1.807) is 0 Å². The number of aliphatic hydroxyl groups is 2. The van der Waals surface area contributed by atoms with Crippen molar-refractivity contribution in [2.45, 2.75) is 58.4 Å². The third kappa shape index (κ3) is 5.33. The number of imide groups is 1. The van der Waals surface area contributed by atoms with Crippen LogP contribution in [0.15, 0.2) is 28.7 Å². The van der Waals surface area contributed by atoms with Gasteiger partial charge in [-0.3, -0.25) is 19.2 Å². The van der Waals surface area contributed by atoms with Gasteiger partial charge in [0.1, 0.15) is 29.4 Å². The van der Waals surface area contributed by atoms with Gasteiger partial charge in [0.15, 0.2) is 17.3 Å². The van der Waals surface area contributed by atoms with Gasteiger partial charge >= 0.3 is 12.4 Å². The van der Waals surface area contributed by atoms with Crippen LogP contribution in [-0.4, -0.2) is 81.7 Å². The number of nitrogens with zero attached hydrogens (tertiary/aromatic N) is 2. The number of carbonyl (C=O) groups is 5. The summed E-state index contributed by atoms with van der Waals surface area (Å²) in [7, 11) is 0.